The first kappa shape index (κ1) is 42.4. The van der Waals surface area contributed by atoms with Gasteiger partial charge in [0.05, 0.1) is 24.0 Å². The van der Waals surface area contributed by atoms with Crippen LogP contribution in [0.25, 0.3) is 0 Å². The largest absolute Gasteiger partial charge is 0.461 e. The molecule has 4 heterocycles. The Morgan fingerprint density at radius 1 is 0.627 bits per heavy atom. The molecular formula is C44H51NO14. The maximum Gasteiger partial charge on any atom is 0.340 e. The highest BCUT2D eigenvalue weighted by Crippen LogP contribution is 2.41. The number of esters is 2. The number of nitrogens with zero attached hydrogens (tertiary/aromatic N) is 1. The smallest absolute Gasteiger partial charge is 0.340 e. The summed E-state index contributed by atoms with van der Waals surface area (Å²) < 4.78 is 63.8. The maximum atomic E-state index is 13.8. The second-order valence-corrected chi connectivity index (χ2v) is 16.7. The van der Waals surface area contributed by atoms with Crippen molar-refractivity contribution in [2.24, 2.45) is 16.0 Å². The predicted molar refractivity (Wildman–Crippen MR) is 207 cm³/mol. The van der Waals surface area contributed by atoms with Gasteiger partial charge in [-0.3, -0.25) is 9.59 Å². The van der Waals surface area contributed by atoms with E-state index in [9.17, 15) is 14.4 Å². The Kier molecular flexibility index (Phi) is 12.8. The molecule has 4 aliphatic heterocycles. The minimum absolute atomic E-state index is 0.0178. The fraction of sp³-hybridized carbons (Fsp3) is 0.500. The number of hydrogen-bond acceptors (Lipinski definition) is 15. The molecule has 0 N–H and O–H groups in total. The summed E-state index contributed by atoms with van der Waals surface area (Å²) in [6, 6.07) is 27.4. The zero-order valence-electron chi connectivity index (χ0n) is 34.1. The minimum atomic E-state index is -1.52. The first-order valence-electron chi connectivity index (χ1n) is 19.7. The molecule has 0 bridgehead atoms. The van der Waals surface area contributed by atoms with Crippen molar-refractivity contribution in [2.75, 3.05) is 13.2 Å². The van der Waals surface area contributed by atoms with E-state index in [4.69, 9.17) is 52.2 Å². The first-order valence-corrected chi connectivity index (χ1v) is 19.7. The van der Waals surface area contributed by atoms with Gasteiger partial charge in [0.15, 0.2) is 30.5 Å². The van der Waals surface area contributed by atoms with Crippen LogP contribution in [0.5, 0.6) is 5.75 Å². The zero-order chi connectivity index (χ0) is 41.9. The van der Waals surface area contributed by atoms with Crippen molar-refractivity contribution in [3.63, 3.8) is 0 Å². The highest BCUT2D eigenvalue weighted by Gasteiger charge is 2.58. The lowest BCUT2D eigenvalue weighted by Crippen LogP contribution is -2.67. The van der Waals surface area contributed by atoms with Crippen LogP contribution in [-0.2, 0) is 61.9 Å². The monoisotopic (exact) mass is 817 g/mol. The van der Waals surface area contributed by atoms with Crippen LogP contribution in [0, 0.1) is 10.8 Å². The number of carbonyl (C=O) groups excluding carboxylic acids is 3. The van der Waals surface area contributed by atoms with E-state index in [1.165, 1.54) is 6.92 Å². The summed E-state index contributed by atoms with van der Waals surface area (Å²) in [4.78, 5) is 45.5. The van der Waals surface area contributed by atoms with Crippen LogP contribution in [0.4, 0.5) is 0 Å². The molecule has 316 valence electrons. The molecule has 0 radical (unpaired) electrons. The van der Waals surface area contributed by atoms with Gasteiger partial charge < -0.3 is 52.2 Å². The Balaban J connectivity index is 1.30. The molecule has 0 amide bonds. The molecule has 0 aromatic heterocycles. The van der Waals surface area contributed by atoms with Gasteiger partial charge in [0.2, 0.25) is 12.6 Å². The van der Waals surface area contributed by atoms with Gasteiger partial charge in [-0.15, -0.1) is 0 Å². The summed E-state index contributed by atoms with van der Waals surface area (Å²) >= 11 is 0. The third-order valence-electron chi connectivity index (χ3n) is 9.89. The van der Waals surface area contributed by atoms with Gasteiger partial charge in [-0.05, 0) is 53.7 Å². The van der Waals surface area contributed by atoms with Gasteiger partial charge >= 0.3 is 17.9 Å². The number of hydrogen-bond donors (Lipinski definition) is 0. The summed E-state index contributed by atoms with van der Waals surface area (Å²) in [5.74, 6) is -1.50. The van der Waals surface area contributed by atoms with Crippen LogP contribution in [0.2, 0.25) is 0 Å². The molecule has 3 aromatic rings. The molecule has 3 aromatic carbocycles. The first-order chi connectivity index (χ1) is 28.2. The van der Waals surface area contributed by atoms with E-state index in [0.29, 0.717) is 5.75 Å². The quantitative estimate of drug-likeness (QED) is 0.141. The summed E-state index contributed by atoms with van der Waals surface area (Å²) in [5, 5.41) is 4.32. The van der Waals surface area contributed by atoms with Crippen LogP contribution in [-0.4, -0.2) is 92.1 Å². The highest BCUT2D eigenvalue weighted by molar-refractivity contribution is 5.95. The topological polar surface area (TPSA) is 165 Å². The number of benzene rings is 3. The number of oxime groups is 1. The second-order valence-electron chi connectivity index (χ2n) is 16.7. The van der Waals surface area contributed by atoms with Gasteiger partial charge in [-0.2, -0.15) is 0 Å². The summed E-state index contributed by atoms with van der Waals surface area (Å²) in [5.41, 5.74) is -0.632. The molecule has 4 saturated heterocycles. The van der Waals surface area contributed by atoms with Crippen LogP contribution in [0.1, 0.15) is 72.2 Å². The van der Waals surface area contributed by atoms with Gasteiger partial charge in [-0.25, -0.2) is 4.79 Å². The third-order valence-corrected chi connectivity index (χ3v) is 9.89. The van der Waals surface area contributed by atoms with E-state index in [0.717, 1.165) is 11.1 Å². The minimum Gasteiger partial charge on any atom is -0.461 e. The molecule has 0 spiro atoms. The van der Waals surface area contributed by atoms with Crippen LogP contribution < -0.4 is 4.74 Å². The van der Waals surface area contributed by atoms with Gasteiger partial charge in [0.1, 0.15) is 36.3 Å². The van der Waals surface area contributed by atoms with E-state index >= 15 is 0 Å². The molecule has 15 nitrogen and oxygen atoms in total. The SMILES string of the molecule is CC(=O)O[C@H]1[C@@H](Oc2ccccc2)O[C@@H]2COC(c3ccccc3)O[C@H]2[C@@H]1OC1O[C@@H]2COC(c3ccccc3)O[C@H]2[C@H](OC(=O)C(C)(C)C)/C1=N/OC(=O)C(C)(C)C. The Morgan fingerprint density at radius 2 is 1.15 bits per heavy atom. The van der Waals surface area contributed by atoms with Crippen LogP contribution in [0.3, 0.4) is 0 Å². The van der Waals surface area contributed by atoms with E-state index in [-0.39, 0.29) is 18.9 Å². The van der Waals surface area contributed by atoms with Crippen LogP contribution in [0.15, 0.2) is 96.2 Å². The molecule has 7 rings (SSSR count). The predicted octanol–water partition coefficient (Wildman–Crippen LogP) is 5.96. The third kappa shape index (κ3) is 10.0. The van der Waals surface area contributed by atoms with E-state index < -0.39 is 96.6 Å². The Labute approximate surface area is 343 Å². The summed E-state index contributed by atoms with van der Waals surface area (Å²) in [6.07, 6.45) is -12.0. The van der Waals surface area contributed by atoms with Crippen molar-refractivity contribution in [1.82, 2.24) is 0 Å². The number of rotatable bonds is 9. The molecule has 0 aliphatic carbocycles. The Bertz CT molecular complexity index is 1930. The van der Waals surface area contributed by atoms with Gasteiger partial charge in [0.25, 0.3) is 0 Å². The molecule has 15 heteroatoms. The highest BCUT2D eigenvalue weighted by atomic mass is 16.8. The molecule has 11 atom stereocenters. The Morgan fingerprint density at radius 3 is 1.69 bits per heavy atom. The molecule has 3 unspecified atom stereocenters. The lowest BCUT2D eigenvalue weighted by Gasteiger charge is -2.50. The molecular weight excluding hydrogens is 766 g/mol. The van der Waals surface area contributed by atoms with E-state index in [1.54, 1.807) is 65.8 Å². The lowest BCUT2D eigenvalue weighted by molar-refractivity contribution is -0.373. The summed E-state index contributed by atoms with van der Waals surface area (Å²) in [7, 11) is 0. The van der Waals surface area contributed by atoms with Crippen molar-refractivity contribution >= 4 is 23.6 Å². The standard InChI is InChI=1S/C44H51NO14/c1-25(46)51-36-35(33-30(54-40(36)52-28-21-15-10-16-22-28)24-50-38(56-33)27-19-13-9-14-20-27)57-39-31(45-59-42(48)44(5,6)7)34(58-41(47)43(2,3)4)32-29(53-39)23-49-37(55-32)26-17-11-8-12-18-26/h8-22,29-30,32-40H,23-24H2,1-7H3/b45-31-/t29-,30-,32-,33-,34-,35+,36-,37?,38?,39?,40+/m1/s1. The van der Waals surface area contributed by atoms with Crippen molar-refractivity contribution in [3.8, 4) is 5.75 Å². The van der Waals surface area contributed by atoms with Crippen molar-refractivity contribution in [3.05, 3.63) is 102 Å². The number of carbonyl (C=O) groups is 3. The van der Waals surface area contributed by atoms with E-state index in [1.807, 2.05) is 66.7 Å². The number of para-hydroxylation sites is 1. The molecule has 0 saturated carbocycles. The normalized spacial score (nSPS) is 31.6. The summed E-state index contributed by atoms with van der Waals surface area (Å²) in [6.45, 7) is 11.4. The fourth-order valence-corrected chi connectivity index (χ4v) is 6.76. The zero-order valence-corrected chi connectivity index (χ0v) is 34.1. The Hall–Kier alpha value is -4.74. The van der Waals surface area contributed by atoms with E-state index in [2.05, 4.69) is 5.16 Å². The fourth-order valence-electron chi connectivity index (χ4n) is 6.76. The molecule has 59 heavy (non-hydrogen) atoms. The van der Waals surface area contributed by atoms with Gasteiger partial charge in [-0.1, -0.05) is 84.0 Å². The molecule has 4 aliphatic rings. The van der Waals surface area contributed by atoms with Crippen molar-refractivity contribution in [1.29, 1.82) is 0 Å². The second kappa shape index (κ2) is 17.9. The van der Waals surface area contributed by atoms with Crippen molar-refractivity contribution < 1.29 is 66.6 Å². The average molecular weight is 818 g/mol. The average Bonchev–Trinajstić information content (AvgIpc) is 3.21. The van der Waals surface area contributed by atoms with Gasteiger partial charge in [0, 0.05) is 18.1 Å². The number of ether oxygens (including phenoxy) is 10. The van der Waals surface area contributed by atoms with Crippen molar-refractivity contribution in [2.45, 2.75) is 116 Å². The lowest BCUT2D eigenvalue weighted by atomic mass is 9.94. The molecule has 4 fully saturated rings. The maximum absolute atomic E-state index is 13.8. The van der Waals surface area contributed by atoms with Crippen LogP contribution >= 0.6 is 0 Å². The number of fused-ring (bicyclic) bond motifs is 2.